The molecule has 1 aromatic carbocycles. The SMILES string of the molecule is N#CC1=CC(n2nc(C(F)(F)F)cc2-c2ccc3c(c2)NC(=O)CO3)=CCC1. The van der Waals surface area contributed by atoms with Crippen LogP contribution in [0.1, 0.15) is 18.5 Å². The van der Waals surface area contributed by atoms with Crippen LogP contribution in [-0.4, -0.2) is 22.3 Å². The van der Waals surface area contributed by atoms with E-state index in [0.717, 1.165) is 6.07 Å². The summed E-state index contributed by atoms with van der Waals surface area (Å²) in [6, 6.07) is 7.71. The average molecular weight is 386 g/mol. The van der Waals surface area contributed by atoms with Crippen LogP contribution in [0.2, 0.25) is 0 Å². The number of amides is 1. The molecule has 0 bridgehead atoms. The average Bonchev–Trinajstić information content (AvgIpc) is 3.13. The molecule has 0 saturated heterocycles. The van der Waals surface area contributed by atoms with Crippen molar-refractivity contribution in [1.29, 1.82) is 5.26 Å². The molecule has 0 saturated carbocycles. The molecule has 28 heavy (non-hydrogen) atoms. The van der Waals surface area contributed by atoms with Gasteiger partial charge in [-0.05, 0) is 43.2 Å². The normalized spacial score (nSPS) is 16.3. The third-order valence-corrected chi connectivity index (χ3v) is 4.39. The zero-order valence-corrected chi connectivity index (χ0v) is 14.4. The van der Waals surface area contributed by atoms with Crippen LogP contribution in [-0.2, 0) is 11.0 Å². The second kappa shape index (κ2) is 6.56. The van der Waals surface area contributed by atoms with Gasteiger partial charge in [0.2, 0.25) is 0 Å². The van der Waals surface area contributed by atoms with Crippen molar-refractivity contribution in [2.75, 3.05) is 11.9 Å². The van der Waals surface area contributed by atoms with Gasteiger partial charge in [-0.25, -0.2) is 4.68 Å². The molecule has 2 heterocycles. The number of carbonyl (C=O) groups excluding carboxylic acids is 1. The van der Waals surface area contributed by atoms with Crippen LogP contribution in [0.25, 0.3) is 17.0 Å². The fourth-order valence-corrected chi connectivity index (χ4v) is 3.09. The number of fused-ring (bicyclic) bond motifs is 1. The Hall–Kier alpha value is -3.54. The first-order chi connectivity index (χ1) is 13.3. The molecule has 1 aromatic heterocycles. The van der Waals surface area contributed by atoms with Crippen molar-refractivity contribution >= 4 is 17.3 Å². The summed E-state index contributed by atoms with van der Waals surface area (Å²) in [4.78, 5) is 11.5. The van der Waals surface area contributed by atoms with Crippen LogP contribution in [0.15, 0.2) is 42.0 Å². The Labute approximate surface area is 157 Å². The number of benzene rings is 1. The highest BCUT2D eigenvalue weighted by Gasteiger charge is 2.35. The molecule has 9 heteroatoms. The molecule has 0 radical (unpaired) electrons. The highest BCUT2D eigenvalue weighted by molar-refractivity contribution is 5.96. The molecule has 0 spiro atoms. The molecule has 2 aliphatic rings. The fourth-order valence-electron chi connectivity index (χ4n) is 3.09. The summed E-state index contributed by atoms with van der Waals surface area (Å²) in [7, 11) is 0. The number of nitriles is 1. The topological polar surface area (TPSA) is 79.9 Å². The van der Waals surface area contributed by atoms with Crippen LogP contribution < -0.4 is 10.1 Å². The Bertz CT molecular complexity index is 1070. The zero-order valence-electron chi connectivity index (χ0n) is 14.4. The Morgan fingerprint density at radius 2 is 2.11 bits per heavy atom. The van der Waals surface area contributed by atoms with Crippen molar-refractivity contribution in [2.45, 2.75) is 19.0 Å². The summed E-state index contributed by atoms with van der Waals surface area (Å²) in [6.45, 7) is -0.114. The summed E-state index contributed by atoms with van der Waals surface area (Å²) in [5.74, 6) is 0.0970. The van der Waals surface area contributed by atoms with Gasteiger partial charge in [-0.3, -0.25) is 4.79 Å². The number of hydrogen-bond donors (Lipinski definition) is 1. The smallest absolute Gasteiger partial charge is 0.435 e. The van der Waals surface area contributed by atoms with Crippen LogP contribution in [0.4, 0.5) is 18.9 Å². The number of nitrogens with one attached hydrogen (secondary N) is 1. The number of rotatable bonds is 2. The second-order valence-corrected chi connectivity index (χ2v) is 6.32. The van der Waals surface area contributed by atoms with Gasteiger partial charge < -0.3 is 10.1 Å². The molecule has 0 atom stereocenters. The monoisotopic (exact) mass is 386 g/mol. The minimum Gasteiger partial charge on any atom is -0.482 e. The molecule has 0 fully saturated rings. The first-order valence-electron chi connectivity index (χ1n) is 8.41. The largest absolute Gasteiger partial charge is 0.482 e. The van der Waals surface area contributed by atoms with E-state index in [1.807, 2.05) is 6.07 Å². The lowest BCUT2D eigenvalue weighted by molar-refractivity contribution is -0.141. The first-order valence-corrected chi connectivity index (χ1v) is 8.41. The summed E-state index contributed by atoms with van der Waals surface area (Å²) in [6.07, 6.45) is -0.290. The summed E-state index contributed by atoms with van der Waals surface area (Å²) in [5.41, 5.74) is 0.812. The van der Waals surface area contributed by atoms with Gasteiger partial charge in [0, 0.05) is 11.1 Å². The molecule has 142 valence electrons. The lowest BCUT2D eigenvalue weighted by Crippen LogP contribution is -2.25. The Kier molecular flexibility index (Phi) is 4.19. The zero-order chi connectivity index (χ0) is 19.9. The van der Waals surface area contributed by atoms with Crippen molar-refractivity contribution in [1.82, 2.24) is 9.78 Å². The number of aromatic nitrogens is 2. The molecule has 1 aliphatic carbocycles. The highest BCUT2D eigenvalue weighted by Crippen LogP contribution is 2.37. The van der Waals surface area contributed by atoms with Crippen molar-refractivity contribution in [2.24, 2.45) is 0 Å². The first kappa shape index (κ1) is 17.9. The molecule has 1 N–H and O–H groups in total. The molecule has 1 aliphatic heterocycles. The molecular formula is C19H13F3N4O2. The molecule has 2 aromatic rings. The molecule has 4 rings (SSSR count). The third-order valence-electron chi connectivity index (χ3n) is 4.39. The van der Waals surface area contributed by atoms with Gasteiger partial charge in [0.25, 0.3) is 5.91 Å². The number of hydrogen-bond acceptors (Lipinski definition) is 4. The predicted molar refractivity (Wildman–Crippen MR) is 94.0 cm³/mol. The molecular weight excluding hydrogens is 373 g/mol. The van der Waals surface area contributed by atoms with E-state index in [-0.39, 0.29) is 18.2 Å². The quantitative estimate of drug-likeness (QED) is 0.847. The lowest BCUT2D eigenvalue weighted by Gasteiger charge is -2.19. The summed E-state index contributed by atoms with van der Waals surface area (Å²) in [5, 5.41) is 15.5. The predicted octanol–water partition coefficient (Wildman–Crippen LogP) is 3.98. The van der Waals surface area contributed by atoms with Crippen molar-refractivity contribution in [3.8, 4) is 23.1 Å². The van der Waals surface area contributed by atoms with Crippen LogP contribution in [0.3, 0.4) is 0 Å². The number of halogens is 3. The molecule has 0 unspecified atom stereocenters. The maximum Gasteiger partial charge on any atom is 0.435 e. The Balaban J connectivity index is 1.85. The maximum atomic E-state index is 13.3. The number of allylic oxidation sites excluding steroid dienone is 4. The summed E-state index contributed by atoms with van der Waals surface area (Å²) < 4.78 is 46.3. The third kappa shape index (κ3) is 3.24. The van der Waals surface area contributed by atoms with E-state index in [0.29, 0.717) is 41.1 Å². The van der Waals surface area contributed by atoms with E-state index in [2.05, 4.69) is 10.4 Å². The van der Waals surface area contributed by atoms with Gasteiger partial charge in [0.15, 0.2) is 12.3 Å². The van der Waals surface area contributed by atoms with E-state index in [4.69, 9.17) is 10.00 Å². The van der Waals surface area contributed by atoms with Crippen LogP contribution in [0.5, 0.6) is 5.75 Å². The molecule has 6 nitrogen and oxygen atoms in total. The van der Waals surface area contributed by atoms with Gasteiger partial charge in [-0.1, -0.05) is 6.08 Å². The number of carbonyl (C=O) groups is 1. The fraction of sp³-hybridized carbons (Fsp3) is 0.211. The minimum atomic E-state index is -4.62. The Morgan fingerprint density at radius 1 is 1.29 bits per heavy atom. The second-order valence-electron chi connectivity index (χ2n) is 6.32. The van der Waals surface area contributed by atoms with Crippen molar-refractivity contribution in [3.05, 3.63) is 47.7 Å². The minimum absolute atomic E-state index is 0.114. The van der Waals surface area contributed by atoms with Gasteiger partial charge in [-0.15, -0.1) is 0 Å². The van der Waals surface area contributed by atoms with E-state index >= 15 is 0 Å². The van der Waals surface area contributed by atoms with Crippen molar-refractivity contribution in [3.63, 3.8) is 0 Å². The standard InChI is InChI=1S/C19H13F3N4O2/c20-19(21,22)17-8-15(26(25-17)13-3-1-2-11(6-13)9-23)12-4-5-16-14(7-12)24-18(27)10-28-16/h3-8H,1-2,10H2,(H,24,27). The van der Waals surface area contributed by atoms with Crippen LogP contribution >= 0.6 is 0 Å². The van der Waals surface area contributed by atoms with Crippen molar-refractivity contribution < 1.29 is 22.7 Å². The van der Waals surface area contributed by atoms with E-state index in [1.54, 1.807) is 24.3 Å². The number of ether oxygens (including phenoxy) is 1. The number of alkyl halides is 3. The maximum absolute atomic E-state index is 13.3. The van der Waals surface area contributed by atoms with E-state index in [9.17, 15) is 18.0 Å². The van der Waals surface area contributed by atoms with Crippen LogP contribution in [0, 0.1) is 11.3 Å². The van der Waals surface area contributed by atoms with Gasteiger partial charge >= 0.3 is 6.18 Å². The molecule has 1 amide bonds. The summed E-state index contributed by atoms with van der Waals surface area (Å²) >= 11 is 0. The van der Waals surface area contributed by atoms with E-state index in [1.165, 1.54) is 10.8 Å². The van der Waals surface area contributed by atoms with Gasteiger partial charge in [0.05, 0.1) is 23.1 Å². The van der Waals surface area contributed by atoms with E-state index < -0.39 is 11.9 Å². The lowest BCUT2D eigenvalue weighted by atomic mass is 10.0. The van der Waals surface area contributed by atoms with Gasteiger partial charge in [0.1, 0.15) is 5.75 Å². The van der Waals surface area contributed by atoms with Gasteiger partial charge in [-0.2, -0.15) is 23.5 Å². The number of nitrogens with zero attached hydrogens (tertiary/aromatic N) is 3. The number of anilines is 1. The Morgan fingerprint density at radius 3 is 2.86 bits per heavy atom. The highest BCUT2D eigenvalue weighted by atomic mass is 19.4.